The fraction of sp³-hybridized carbons (Fsp3) is 0.571. The first-order valence-electron chi connectivity index (χ1n) is 6.82. The van der Waals surface area contributed by atoms with Gasteiger partial charge in [0.15, 0.2) is 17.5 Å². The van der Waals surface area contributed by atoms with Crippen molar-refractivity contribution in [3.05, 3.63) is 18.0 Å². The summed E-state index contributed by atoms with van der Waals surface area (Å²) in [5, 5.41) is 18.6. The molecule has 1 aliphatic heterocycles. The molecule has 2 aliphatic rings. The van der Waals surface area contributed by atoms with Crippen LogP contribution in [0.15, 0.2) is 12.3 Å². The second kappa shape index (κ2) is 5.02. The van der Waals surface area contributed by atoms with Crippen LogP contribution in [0.1, 0.15) is 12.1 Å². The van der Waals surface area contributed by atoms with Crippen molar-refractivity contribution in [2.24, 2.45) is 11.8 Å². The number of nitriles is 1. The summed E-state index contributed by atoms with van der Waals surface area (Å²) in [6, 6.07) is 2.34. The minimum Gasteiger partial charge on any atom is -0.494 e. The van der Waals surface area contributed by atoms with Crippen molar-refractivity contribution < 1.29 is 23.0 Å². The van der Waals surface area contributed by atoms with Crippen LogP contribution in [-0.2, 0) is 0 Å². The molecule has 118 valence electrons. The predicted molar refractivity (Wildman–Crippen MR) is 70.3 cm³/mol. The summed E-state index contributed by atoms with van der Waals surface area (Å²) >= 11 is 0. The van der Waals surface area contributed by atoms with E-state index < -0.39 is 18.3 Å². The van der Waals surface area contributed by atoms with Crippen molar-refractivity contribution in [1.29, 1.82) is 5.26 Å². The second-order valence-electron chi connectivity index (χ2n) is 5.65. The van der Waals surface area contributed by atoms with Crippen molar-refractivity contribution in [3.8, 4) is 11.8 Å². The summed E-state index contributed by atoms with van der Waals surface area (Å²) in [7, 11) is 1.37. The lowest BCUT2D eigenvalue weighted by Crippen LogP contribution is -2.49. The number of alkyl halides is 3. The summed E-state index contributed by atoms with van der Waals surface area (Å²) in [6.07, 6.45) is -5.01. The Morgan fingerprint density at radius 3 is 2.86 bits per heavy atom. The number of piperidine rings is 1. The Morgan fingerprint density at radius 1 is 1.55 bits per heavy atom. The maximum atomic E-state index is 12.9. The molecule has 0 radical (unpaired) electrons. The lowest BCUT2D eigenvalue weighted by atomic mass is 10.1. The Balaban J connectivity index is 1.92. The number of anilines is 1. The number of nitrogens with zero attached hydrogens (tertiary/aromatic N) is 3. The summed E-state index contributed by atoms with van der Waals surface area (Å²) in [5.74, 6) is 0.225. The molecule has 22 heavy (non-hydrogen) atoms. The summed E-state index contributed by atoms with van der Waals surface area (Å²) in [4.78, 5) is 5.44. The Bertz CT molecular complexity index is 629. The summed E-state index contributed by atoms with van der Waals surface area (Å²) < 4.78 is 43.7. The van der Waals surface area contributed by atoms with Crippen molar-refractivity contribution in [2.75, 3.05) is 18.6 Å². The van der Waals surface area contributed by atoms with Crippen LogP contribution in [0.5, 0.6) is 5.75 Å². The number of pyridine rings is 1. The number of halogens is 3. The summed E-state index contributed by atoms with van der Waals surface area (Å²) in [5.41, 5.74) is 0.500. The molecule has 1 saturated carbocycles. The number of rotatable bonds is 3. The van der Waals surface area contributed by atoms with Crippen LogP contribution in [0.3, 0.4) is 0 Å². The highest BCUT2D eigenvalue weighted by molar-refractivity contribution is 5.55. The highest BCUT2D eigenvalue weighted by Gasteiger charge is 2.60. The monoisotopic (exact) mass is 313 g/mol. The first-order valence-corrected chi connectivity index (χ1v) is 6.82. The normalized spacial score (nSPS) is 28.0. The van der Waals surface area contributed by atoms with Gasteiger partial charge in [-0.1, -0.05) is 0 Å². The third-order valence-electron chi connectivity index (χ3n) is 4.36. The van der Waals surface area contributed by atoms with Crippen LogP contribution < -0.4 is 9.64 Å². The molecule has 1 N–H and O–H groups in total. The number of aliphatic hydroxyl groups excluding tert-OH is 1. The molecular formula is C14H14F3N3O2. The molecule has 8 heteroatoms. The van der Waals surface area contributed by atoms with Gasteiger partial charge in [0.1, 0.15) is 6.07 Å². The molecule has 0 spiro atoms. The van der Waals surface area contributed by atoms with Gasteiger partial charge in [0.2, 0.25) is 0 Å². The average Bonchev–Trinajstić information content (AvgIpc) is 3.15. The number of methoxy groups -OCH3 is 1. The van der Waals surface area contributed by atoms with Crippen molar-refractivity contribution in [2.45, 2.75) is 24.7 Å². The lowest BCUT2D eigenvalue weighted by molar-refractivity contribution is -0.210. The smallest absolute Gasteiger partial charge is 0.416 e. The topological polar surface area (TPSA) is 69.4 Å². The van der Waals surface area contributed by atoms with Crippen LogP contribution in [0.4, 0.5) is 18.9 Å². The standard InChI is InChI=1S/C14H14F3N3O2/c1-22-11-3-8(5-19-10(11)4-18)20-6-7-2-9(7)12(20)13(21)14(15,16)17/h3,5,7,9,12-13,21H,2,6H2,1H3. The fourth-order valence-corrected chi connectivity index (χ4v) is 3.21. The Labute approximate surface area is 124 Å². The molecule has 5 nitrogen and oxygen atoms in total. The predicted octanol–water partition coefficient (Wildman–Crippen LogP) is 1.71. The number of ether oxygens (including phenoxy) is 1. The average molecular weight is 313 g/mol. The van der Waals surface area contributed by atoms with Gasteiger partial charge in [0.05, 0.1) is 25.0 Å². The van der Waals surface area contributed by atoms with Crippen molar-refractivity contribution in [3.63, 3.8) is 0 Å². The van der Waals surface area contributed by atoms with E-state index in [1.165, 1.54) is 24.3 Å². The van der Waals surface area contributed by atoms with Gasteiger partial charge >= 0.3 is 6.18 Å². The van der Waals surface area contributed by atoms with E-state index in [2.05, 4.69) is 4.98 Å². The van der Waals surface area contributed by atoms with E-state index in [-0.39, 0.29) is 23.3 Å². The molecule has 0 bridgehead atoms. The number of aromatic nitrogens is 1. The van der Waals surface area contributed by atoms with Gasteiger partial charge in [-0.3, -0.25) is 0 Å². The molecule has 4 atom stereocenters. The Morgan fingerprint density at radius 2 is 2.27 bits per heavy atom. The molecule has 1 aliphatic carbocycles. The minimum atomic E-state index is -4.66. The largest absolute Gasteiger partial charge is 0.494 e. The Kier molecular flexibility index (Phi) is 3.40. The maximum Gasteiger partial charge on any atom is 0.416 e. The zero-order valence-corrected chi connectivity index (χ0v) is 11.7. The molecule has 2 fully saturated rings. The molecule has 1 saturated heterocycles. The number of hydrogen-bond donors (Lipinski definition) is 1. The van der Waals surface area contributed by atoms with Gasteiger partial charge in [0, 0.05) is 12.6 Å². The molecule has 1 aromatic heterocycles. The SMILES string of the molecule is COc1cc(N2CC3CC3C2C(O)C(F)(F)F)cnc1C#N. The molecule has 0 amide bonds. The van der Waals surface area contributed by atoms with E-state index in [1.807, 2.05) is 6.07 Å². The van der Waals surface area contributed by atoms with Crippen LogP contribution >= 0.6 is 0 Å². The molecule has 1 aromatic rings. The van der Waals surface area contributed by atoms with E-state index >= 15 is 0 Å². The van der Waals surface area contributed by atoms with Gasteiger partial charge < -0.3 is 14.7 Å². The van der Waals surface area contributed by atoms with Gasteiger partial charge in [0.25, 0.3) is 0 Å². The zero-order chi connectivity index (χ0) is 16.1. The quantitative estimate of drug-likeness (QED) is 0.920. The highest BCUT2D eigenvalue weighted by Crippen LogP contribution is 2.53. The van der Waals surface area contributed by atoms with E-state index in [1.54, 1.807) is 0 Å². The van der Waals surface area contributed by atoms with Crippen molar-refractivity contribution in [1.82, 2.24) is 4.98 Å². The lowest BCUT2D eigenvalue weighted by Gasteiger charge is -2.33. The van der Waals surface area contributed by atoms with Crippen LogP contribution in [-0.4, -0.2) is 42.1 Å². The van der Waals surface area contributed by atoms with Crippen LogP contribution in [0, 0.1) is 23.2 Å². The third kappa shape index (κ3) is 2.35. The third-order valence-corrected chi connectivity index (χ3v) is 4.36. The van der Waals surface area contributed by atoms with E-state index in [0.29, 0.717) is 18.7 Å². The summed E-state index contributed by atoms with van der Waals surface area (Å²) in [6.45, 7) is 0.444. The maximum absolute atomic E-state index is 12.9. The number of hydrogen-bond acceptors (Lipinski definition) is 5. The molecular weight excluding hydrogens is 299 g/mol. The molecule has 2 heterocycles. The minimum absolute atomic E-state index is 0.0727. The number of fused-ring (bicyclic) bond motifs is 1. The van der Waals surface area contributed by atoms with Crippen molar-refractivity contribution >= 4 is 5.69 Å². The highest BCUT2D eigenvalue weighted by atomic mass is 19.4. The molecule has 4 unspecified atom stereocenters. The first kappa shape index (κ1) is 14.9. The zero-order valence-electron chi connectivity index (χ0n) is 11.7. The number of aliphatic hydroxyl groups is 1. The van der Waals surface area contributed by atoms with Crippen LogP contribution in [0.2, 0.25) is 0 Å². The fourth-order valence-electron chi connectivity index (χ4n) is 3.21. The van der Waals surface area contributed by atoms with Crippen LogP contribution in [0.25, 0.3) is 0 Å². The molecule has 3 rings (SSSR count). The Hall–Kier alpha value is -2.01. The van der Waals surface area contributed by atoms with E-state index in [0.717, 1.165) is 0 Å². The second-order valence-corrected chi connectivity index (χ2v) is 5.65. The van der Waals surface area contributed by atoms with Gasteiger partial charge in [-0.2, -0.15) is 18.4 Å². The van der Waals surface area contributed by atoms with Gasteiger partial charge in [-0.15, -0.1) is 0 Å². The van der Waals surface area contributed by atoms with E-state index in [4.69, 9.17) is 10.00 Å². The van der Waals surface area contributed by atoms with Gasteiger partial charge in [-0.25, -0.2) is 4.98 Å². The van der Waals surface area contributed by atoms with Gasteiger partial charge in [-0.05, 0) is 18.3 Å². The van der Waals surface area contributed by atoms with E-state index in [9.17, 15) is 18.3 Å². The first-order chi connectivity index (χ1) is 10.4. The molecule has 0 aromatic carbocycles.